The Bertz CT molecular complexity index is 566. The number of carbonyl (C=O) groups excluding carboxylic acids is 1. The third kappa shape index (κ3) is 4.04. The molecule has 1 amide bonds. The predicted octanol–water partition coefficient (Wildman–Crippen LogP) is 1.99. The minimum Gasteiger partial charge on any atom is -0.342 e. The van der Waals surface area contributed by atoms with Crippen LogP contribution in [0.15, 0.2) is 24.5 Å². The first kappa shape index (κ1) is 17.0. The second-order valence-electron chi connectivity index (χ2n) is 7.88. The second kappa shape index (κ2) is 7.83. The van der Waals surface area contributed by atoms with E-state index >= 15 is 0 Å². The van der Waals surface area contributed by atoms with Crippen LogP contribution in [0.5, 0.6) is 0 Å². The van der Waals surface area contributed by atoms with Crippen LogP contribution in [0.4, 0.5) is 0 Å². The average molecular weight is 342 g/mol. The molecule has 0 radical (unpaired) electrons. The number of piperidine rings is 2. The lowest BCUT2D eigenvalue weighted by molar-refractivity contribution is -0.141. The maximum Gasteiger partial charge on any atom is 0.226 e. The fourth-order valence-electron chi connectivity index (χ4n) is 4.53. The van der Waals surface area contributed by atoms with Crippen molar-refractivity contribution in [3.8, 4) is 0 Å². The molecule has 0 aliphatic carbocycles. The zero-order chi connectivity index (χ0) is 17.1. The summed E-state index contributed by atoms with van der Waals surface area (Å²) in [6.45, 7) is 7.46. The van der Waals surface area contributed by atoms with Crippen molar-refractivity contribution in [1.82, 2.24) is 19.7 Å². The summed E-state index contributed by atoms with van der Waals surface area (Å²) in [5, 5.41) is 0. The standard InChI is InChI=1S/C20H30N4O/c25-20(23-10-3-11-23)18-5-2-9-24(16-18)19-6-12-22(13-7-19)15-17-4-1-8-21-14-17/h1,4,8,14,18-19H,2-3,5-7,9-13,15-16H2/t18-/m1/s1. The molecule has 1 aromatic rings. The molecule has 3 fully saturated rings. The van der Waals surface area contributed by atoms with E-state index < -0.39 is 0 Å². The van der Waals surface area contributed by atoms with Gasteiger partial charge in [0.2, 0.25) is 5.91 Å². The molecule has 0 saturated carbocycles. The predicted molar refractivity (Wildman–Crippen MR) is 98.0 cm³/mol. The Kier molecular flexibility index (Phi) is 5.32. The van der Waals surface area contributed by atoms with Crippen molar-refractivity contribution in [3.05, 3.63) is 30.1 Å². The molecule has 136 valence electrons. The van der Waals surface area contributed by atoms with Crippen molar-refractivity contribution < 1.29 is 4.79 Å². The lowest BCUT2D eigenvalue weighted by Gasteiger charge is -2.43. The fraction of sp³-hybridized carbons (Fsp3) is 0.700. The highest BCUT2D eigenvalue weighted by Crippen LogP contribution is 2.26. The summed E-state index contributed by atoms with van der Waals surface area (Å²) in [4.78, 5) is 24.0. The van der Waals surface area contributed by atoms with Crippen LogP contribution in [0.1, 0.15) is 37.7 Å². The van der Waals surface area contributed by atoms with Crippen molar-refractivity contribution in [2.75, 3.05) is 39.3 Å². The summed E-state index contributed by atoms with van der Waals surface area (Å²) in [6.07, 6.45) is 9.73. The molecule has 1 atom stereocenters. The molecule has 4 rings (SSSR count). The zero-order valence-electron chi connectivity index (χ0n) is 15.1. The van der Waals surface area contributed by atoms with E-state index in [1.807, 2.05) is 18.5 Å². The van der Waals surface area contributed by atoms with Crippen LogP contribution < -0.4 is 0 Å². The van der Waals surface area contributed by atoms with Crippen LogP contribution in [-0.2, 0) is 11.3 Å². The van der Waals surface area contributed by atoms with Gasteiger partial charge in [0.15, 0.2) is 0 Å². The van der Waals surface area contributed by atoms with Gasteiger partial charge in [0.05, 0.1) is 5.92 Å². The van der Waals surface area contributed by atoms with E-state index in [4.69, 9.17) is 0 Å². The number of likely N-dealkylation sites (tertiary alicyclic amines) is 3. The van der Waals surface area contributed by atoms with Crippen molar-refractivity contribution in [2.45, 2.75) is 44.7 Å². The Morgan fingerprint density at radius 2 is 1.92 bits per heavy atom. The van der Waals surface area contributed by atoms with Crippen molar-refractivity contribution in [1.29, 1.82) is 0 Å². The zero-order valence-corrected chi connectivity index (χ0v) is 15.1. The molecule has 3 saturated heterocycles. The van der Waals surface area contributed by atoms with Gasteiger partial charge in [-0.15, -0.1) is 0 Å². The van der Waals surface area contributed by atoms with Gasteiger partial charge < -0.3 is 4.90 Å². The van der Waals surface area contributed by atoms with Crippen molar-refractivity contribution >= 4 is 5.91 Å². The van der Waals surface area contributed by atoms with Gasteiger partial charge in [-0.3, -0.25) is 19.6 Å². The number of hydrogen-bond acceptors (Lipinski definition) is 4. The van der Waals surface area contributed by atoms with Crippen LogP contribution in [-0.4, -0.2) is 70.9 Å². The number of aromatic nitrogens is 1. The molecule has 0 aromatic carbocycles. The van der Waals surface area contributed by atoms with E-state index in [-0.39, 0.29) is 5.92 Å². The van der Waals surface area contributed by atoms with Crippen LogP contribution >= 0.6 is 0 Å². The number of hydrogen-bond donors (Lipinski definition) is 0. The number of nitrogens with zero attached hydrogens (tertiary/aromatic N) is 4. The van der Waals surface area contributed by atoms with Gasteiger partial charge in [-0.05, 0) is 63.4 Å². The third-order valence-corrected chi connectivity index (χ3v) is 6.17. The van der Waals surface area contributed by atoms with E-state index in [0.29, 0.717) is 11.9 Å². The smallest absolute Gasteiger partial charge is 0.226 e. The Hall–Kier alpha value is -1.46. The summed E-state index contributed by atoms with van der Waals surface area (Å²) in [6, 6.07) is 4.85. The quantitative estimate of drug-likeness (QED) is 0.839. The molecule has 4 heterocycles. The third-order valence-electron chi connectivity index (χ3n) is 6.17. The van der Waals surface area contributed by atoms with Gasteiger partial charge in [0.1, 0.15) is 0 Å². The molecule has 0 N–H and O–H groups in total. The number of carbonyl (C=O) groups is 1. The lowest BCUT2D eigenvalue weighted by Crippen LogP contribution is -2.53. The Balaban J connectivity index is 1.26. The normalized spacial score (nSPS) is 26.4. The molecule has 25 heavy (non-hydrogen) atoms. The van der Waals surface area contributed by atoms with E-state index in [2.05, 4.69) is 25.8 Å². The molecule has 5 nitrogen and oxygen atoms in total. The van der Waals surface area contributed by atoms with Gasteiger partial charge in [-0.25, -0.2) is 0 Å². The molecule has 0 bridgehead atoms. The summed E-state index contributed by atoms with van der Waals surface area (Å²) >= 11 is 0. The summed E-state index contributed by atoms with van der Waals surface area (Å²) < 4.78 is 0. The second-order valence-corrected chi connectivity index (χ2v) is 7.88. The highest BCUT2D eigenvalue weighted by molar-refractivity contribution is 5.79. The Morgan fingerprint density at radius 1 is 1.08 bits per heavy atom. The van der Waals surface area contributed by atoms with E-state index in [1.165, 1.54) is 37.8 Å². The number of amides is 1. The van der Waals surface area contributed by atoms with Gasteiger partial charge in [0, 0.05) is 44.6 Å². The highest BCUT2D eigenvalue weighted by atomic mass is 16.2. The van der Waals surface area contributed by atoms with Gasteiger partial charge >= 0.3 is 0 Å². The summed E-state index contributed by atoms with van der Waals surface area (Å²) in [5.74, 6) is 0.674. The van der Waals surface area contributed by atoms with E-state index in [1.54, 1.807) is 0 Å². The first-order chi connectivity index (χ1) is 12.3. The Labute approximate surface area is 151 Å². The maximum absolute atomic E-state index is 12.5. The minimum atomic E-state index is 0.252. The fourth-order valence-corrected chi connectivity index (χ4v) is 4.53. The van der Waals surface area contributed by atoms with Crippen LogP contribution in [0.2, 0.25) is 0 Å². The van der Waals surface area contributed by atoms with Gasteiger partial charge in [-0.1, -0.05) is 6.07 Å². The van der Waals surface area contributed by atoms with E-state index in [9.17, 15) is 4.79 Å². The lowest BCUT2D eigenvalue weighted by atomic mass is 9.92. The molecule has 0 spiro atoms. The summed E-state index contributed by atoms with van der Waals surface area (Å²) in [5.41, 5.74) is 1.30. The van der Waals surface area contributed by atoms with Crippen LogP contribution in [0.25, 0.3) is 0 Å². The average Bonchev–Trinajstić information content (AvgIpc) is 2.62. The highest BCUT2D eigenvalue weighted by Gasteiger charge is 2.34. The Morgan fingerprint density at radius 3 is 2.60 bits per heavy atom. The SMILES string of the molecule is O=C([C@@H]1CCCN(C2CCN(Cc3cccnc3)CC2)C1)N1CCC1. The number of pyridine rings is 1. The molecule has 5 heteroatoms. The van der Waals surface area contributed by atoms with Crippen LogP contribution in [0, 0.1) is 5.92 Å². The maximum atomic E-state index is 12.5. The molecule has 1 aromatic heterocycles. The largest absolute Gasteiger partial charge is 0.342 e. The topological polar surface area (TPSA) is 39.7 Å². The van der Waals surface area contributed by atoms with E-state index in [0.717, 1.165) is 45.7 Å². The van der Waals surface area contributed by atoms with Crippen molar-refractivity contribution in [2.24, 2.45) is 5.92 Å². The first-order valence-corrected chi connectivity index (χ1v) is 9.94. The van der Waals surface area contributed by atoms with Gasteiger partial charge in [-0.2, -0.15) is 0 Å². The molecule has 0 unspecified atom stereocenters. The summed E-state index contributed by atoms with van der Waals surface area (Å²) in [7, 11) is 0. The molecule has 3 aliphatic rings. The van der Waals surface area contributed by atoms with Gasteiger partial charge in [0.25, 0.3) is 0 Å². The van der Waals surface area contributed by atoms with Crippen LogP contribution in [0.3, 0.4) is 0 Å². The molecular weight excluding hydrogens is 312 g/mol. The van der Waals surface area contributed by atoms with Crippen molar-refractivity contribution in [3.63, 3.8) is 0 Å². The number of rotatable bonds is 4. The minimum absolute atomic E-state index is 0.252. The molecule has 3 aliphatic heterocycles. The molecular formula is C20H30N4O. The monoisotopic (exact) mass is 342 g/mol. The first-order valence-electron chi connectivity index (χ1n) is 9.94.